The molecule has 0 saturated heterocycles. The summed E-state index contributed by atoms with van der Waals surface area (Å²) in [4.78, 5) is 7.85. The minimum absolute atomic E-state index is 0. The number of hydrogen-bond donors (Lipinski definition) is 2. The summed E-state index contributed by atoms with van der Waals surface area (Å²) in [5, 5.41) is 5.85. The Kier molecular flexibility index (Phi) is 12.2. The van der Waals surface area contributed by atoms with Crippen LogP contribution in [0.1, 0.15) is 25.8 Å². The van der Waals surface area contributed by atoms with E-state index in [0.717, 1.165) is 6.07 Å². The molecule has 1 rings (SSSR count). The first-order valence-corrected chi connectivity index (χ1v) is 10.9. The zero-order valence-electron chi connectivity index (χ0n) is 16.2. The molecule has 1 unspecified atom stereocenters. The van der Waals surface area contributed by atoms with E-state index in [1.165, 1.54) is 6.26 Å². The molecule has 1 aromatic rings. The predicted octanol–water partition coefficient (Wildman–Crippen LogP) is 3.13. The summed E-state index contributed by atoms with van der Waals surface area (Å²) in [6.07, 6.45) is -2.28. The average molecular weight is 573 g/mol. The number of nitrogens with zero attached hydrogens (tertiary/aromatic N) is 2. The van der Waals surface area contributed by atoms with Crippen molar-refractivity contribution in [3.05, 3.63) is 22.8 Å². The Labute approximate surface area is 190 Å². The molecule has 0 aliphatic rings. The van der Waals surface area contributed by atoms with Crippen molar-refractivity contribution in [3.63, 3.8) is 0 Å². The number of alkyl halides is 3. The summed E-state index contributed by atoms with van der Waals surface area (Å²) in [5.41, 5.74) is -0.954. The fourth-order valence-corrected chi connectivity index (χ4v) is 3.01. The molecule has 0 saturated carbocycles. The van der Waals surface area contributed by atoms with E-state index in [0.29, 0.717) is 25.1 Å². The SMILES string of the molecule is CCNC(=NCCOc1ncc(C(F)(F)F)cc1Cl)NC(C)CCS(C)(=O)=O.I. The van der Waals surface area contributed by atoms with Crippen molar-refractivity contribution in [2.24, 2.45) is 4.99 Å². The largest absolute Gasteiger partial charge is 0.475 e. The maximum absolute atomic E-state index is 12.6. The van der Waals surface area contributed by atoms with Crippen LogP contribution >= 0.6 is 35.6 Å². The summed E-state index contributed by atoms with van der Waals surface area (Å²) in [6, 6.07) is 0.627. The van der Waals surface area contributed by atoms with Gasteiger partial charge in [-0.15, -0.1) is 24.0 Å². The van der Waals surface area contributed by atoms with Gasteiger partial charge in [-0.1, -0.05) is 11.6 Å². The van der Waals surface area contributed by atoms with Crippen molar-refractivity contribution in [1.82, 2.24) is 15.6 Å². The minimum atomic E-state index is -4.53. The number of aromatic nitrogens is 1. The Bertz CT molecular complexity index is 779. The van der Waals surface area contributed by atoms with Gasteiger partial charge in [-0.2, -0.15) is 13.2 Å². The number of pyridine rings is 1. The van der Waals surface area contributed by atoms with E-state index in [1.807, 2.05) is 13.8 Å². The monoisotopic (exact) mass is 572 g/mol. The lowest BCUT2D eigenvalue weighted by Gasteiger charge is -2.17. The first-order chi connectivity index (χ1) is 12.9. The molecular weight excluding hydrogens is 548 g/mol. The fourth-order valence-electron chi connectivity index (χ4n) is 2.00. The Morgan fingerprint density at radius 3 is 2.59 bits per heavy atom. The van der Waals surface area contributed by atoms with Gasteiger partial charge in [0.15, 0.2) is 5.96 Å². The predicted molar refractivity (Wildman–Crippen MR) is 118 cm³/mol. The molecule has 0 bridgehead atoms. The summed E-state index contributed by atoms with van der Waals surface area (Å²) in [5.74, 6) is 0.421. The standard InChI is InChI=1S/C16H24ClF3N4O3S.HI/c1-4-21-15(24-11(2)5-8-28(3,25)26)22-6-7-27-14-13(17)9-12(10-23-14)16(18,19)20;/h9-11H,4-8H2,1-3H3,(H2,21,22,24);1H. The molecule has 0 amide bonds. The average Bonchev–Trinajstić information content (AvgIpc) is 2.56. The second kappa shape index (κ2) is 12.6. The van der Waals surface area contributed by atoms with Gasteiger partial charge in [0, 0.05) is 25.0 Å². The molecular formula is C16H25ClF3IN4O3S. The number of halogens is 5. The third kappa shape index (κ3) is 11.7. The number of sulfone groups is 1. The van der Waals surface area contributed by atoms with E-state index in [1.54, 1.807) is 0 Å². The van der Waals surface area contributed by atoms with Gasteiger partial charge in [-0.25, -0.2) is 18.4 Å². The molecule has 1 aromatic heterocycles. The molecule has 7 nitrogen and oxygen atoms in total. The molecule has 1 atom stereocenters. The number of ether oxygens (including phenoxy) is 1. The quantitative estimate of drug-likeness (QED) is 0.205. The lowest BCUT2D eigenvalue weighted by Crippen LogP contribution is -2.43. The second-order valence-electron chi connectivity index (χ2n) is 6.08. The van der Waals surface area contributed by atoms with Crippen molar-refractivity contribution in [1.29, 1.82) is 0 Å². The zero-order chi connectivity index (χ0) is 21.4. The Morgan fingerprint density at radius 2 is 2.07 bits per heavy atom. The van der Waals surface area contributed by atoms with Crippen molar-refractivity contribution in [2.45, 2.75) is 32.5 Å². The Morgan fingerprint density at radius 1 is 1.41 bits per heavy atom. The van der Waals surface area contributed by atoms with Crippen LogP contribution in [-0.4, -0.2) is 57.1 Å². The van der Waals surface area contributed by atoms with Gasteiger partial charge in [0.05, 0.1) is 17.9 Å². The highest BCUT2D eigenvalue weighted by Gasteiger charge is 2.31. The van der Waals surface area contributed by atoms with Gasteiger partial charge in [0.1, 0.15) is 21.5 Å². The highest BCUT2D eigenvalue weighted by atomic mass is 127. The lowest BCUT2D eigenvalue weighted by molar-refractivity contribution is -0.137. The van der Waals surface area contributed by atoms with Crippen LogP contribution in [0, 0.1) is 0 Å². The molecule has 0 aliphatic heterocycles. The van der Waals surface area contributed by atoms with E-state index in [-0.39, 0.29) is 59.8 Å². The fraction of sp³-hybridized carbons (Fsp3) is 0.625. The molecule has 1 heterocycles. The van der Waals surface area contributed by atoms with Crippen LogP contribution in [-0.2, 0) is 16.0 Å². The Hall–Kier alpha value is -1.02. The van der Waals surface area contributed by atoms with Crippen LogP contribution in [0.15, 0.2) is 17.3 Å². The molecule has 0 spiro atoms. The number of guanidine groups is 1. The van der Waals surface area contributed by atoms with Gasteiger partial charge in [-0.3, -0.25) is 0 Å². The number of rotatable bonds is 9. The van der Waals surface area contributed by atoms with E-state index in [9.17, 15) is 21.6 Å². The van der Waals surface area contributed by atoms with Crippen molar-refractivity contribution in [2.75, 3.05) is 31.7 Å². The topological polar surface area (TPSA) is 92.7 Å². The van der Waals surface area contributed by atoms with Gasteiger partial charge < -0.3 is 15.4 Å². The lowest BCUT2D eigenvalue weighted by atomic mass is 10.3. The van der Waals surface area contributed by atoms with Crippen LogP contribution in [0.5, 0.6) is 5.88 Å². The minimum Gasteiger partial charge on any atom is -0.475 e. The molecule has 13 heteroatoms. The van der Waals surface area contributed by atoms with Gasteiger partial charge in [0.25, 0.3) is 0 Å². The van der Waals surface area contributed by atoms with Crippen LogP contribution in [0.2, 0.25) is 5.02 Å². The molecule has 0 fully saturated rings. The Balaban J connectivity index is 0.00000784. The number of aliphatic imine (C=N–C) groups is 1. The van der Waals surface area contributed by atoms with Crippen molar-refractivity contribution < 1.29 is 26.3 Å². The highest BCUT2D eigenvalue weighted by molar-refractivity contribution is 14.0. The molecule has 29 heavy (non-hydrogen) atoms. The van der Waals surface area contributed by atoms with E-state index >= 15 is 0 Å². The third-order valence-corrected chi connectivity index (χ3v) is 4.63. The smallest absolute Gasteiger partial charge is 0.417 e. The maximum Gasteiger partial charge on any atom is 0.417 e. The number of hydrogen-bond acceptors (Lipinski definition) is 5. The van der Waals surface area contributed by atoms with Gasteiger partial charge in [0.2, 0.25) is 5.88 Å². The van der Waals surface area contributed by atoms with Crippen LogP contribution in [0.25, 0.3) is 0 Å². The molecule has 0 aliphatic carbocycles. The summed E-state index contributed by atoms with van der Waals surface area (Å²) in [6.45, 7) is 4.54. The van der Waals surface area contributed by atoms with Crippen LogP contribution in [0.4, 0.5) is 13.2 Å². The first-order valence-electron chi connectivity index (χ1n) is 8.50. The van der Waals surface area contributed by atoms with Crippen molar-refractivity contribution in [3.8, 4) is 5.88 Å². The molecule has 0 radical (unpaired) electrons. The third-order valence-electron chi connectivity index (χ3n) is 3.38. The van der Waals surface area contributed by atoms with Gasteiger partial charge >= 0.3 is 6.18 Å². The zero-order valence-corrected chi connectivity index (χ0v) is 20.1. The molecule has 0 aromatic carbocycles. The van der Waals surface area contributed by atoms with E-state index in [2.05, 4.69) is 20.6 Å². The normalized spacial score (nSPS) is 13.4. The molecule has 168 valence electrons. The maximum atomic E-state index is 12.6. The van der Waals surface area contributed by atoms with E-state index < -0.39 is 21.6 Å². The molecule has 2 N–H and O–H groups in total. The second-order valence-corrected chi connectivity index (χ2v) is 8.75. The van der Waals surface area contributed by atoms with Crippen LogP contribution < -0.4 is 15.4 Å². The van der Waals surface area contributed by atoms with E-state index in [4.69, 9.17) is 16.3 Å². The van der Waals surface area contributed by atoms with Gasteiger partial charge in [-0.05, 0) is 26.3 Å². The highest BCUT2D eigenvalue weighted by Crippen LogP contribution is 2.32. The summed E-state index contributed by atoms with van der Waals surface area (Å²) < 4.78 is 65.5. The van der Waals surface area contributed by atoms with Crippen molar-refractivity contribution >= 4 is 51.4 Å². The van der Waals surface area contributed by atoms with Crippen LogP contribution in [0.3, 0.4) is 0 Å². The summed E-state index contributed by atoms with van der Waals surface area (Å²) >= 11 is 5.77. The number of nitrogens with one attached hydrogen (secondary N) is 2. The first kappa shape index (κ1) is 28.0. The summed E-state index contributed by atoms with van der Waals surface area (Å²) in [7, 11) is -3.05.